The molecule has 1 amide bonds. The summed E-state index contributed by atoms with van der Waals surface area (Å²) in [5.41, 5.74) is 2.86. The maximum atomic E-state index is 12.1. The van der Waals surface area contributed by atoms with Crippen molar-refractivity contribution in [2.24, 2.45) is 0 Å². The van der Waals surface area contributed by atoms with Gasteiger partial charge in [-0.2, -0.15) is 0 Å². The van der Waals surface area contributed by atoms with Crippen LogP contribution in [0.15, 0.2) is 60.7 Å². The molecular formula is C21H22N2O2S. The predicted octanol–water partition coefficient (Wildman–Crippen LogP) is 3.54. The van der Waals surface area contributed by atoms with Crippen LogP contribution in [0, 0.1) is 0 Å². The summed E-state index contributed by atoms with van der Waals surface area (Å²) in [6.45, 7) is 3.15. The minimum Gasteiger partial charge on any atom is -0.378 e. The molecule has 1 aliphatic rings. The highest BCUT2D eigenvalue weighted by Gasteiger charge is 2.14. The predicted molar refractivity (Wildman–Crippen MR) is 109 cm³/mol. The van der Waals surface area contributed by atoms with Crippen molar-refractivity contribution in [3.05, 3.63) is 71.8 Å². The molecule has 0 radical (unpaired) electrons. The number of carbonyl (C=O) groups is 1. The Morgan fingerprint density at radius 2 is 1.88 bits per heavy atom. The summed E-state index contributed by atoms with van der Waals surface area (Å²) in [4.78, 5) is 15.2. The molecule has 2 aromatic rings. The Kier molecular flexibility index (Phi) is 6.52. The number of amides is 1. The second-order valence-electron chi connectivity index (χ2n) is 6.10. The fraction of sp³-hybridized carbons (Fsp3) is 0.238. The van der Waals surface area contributed by atoms with Gasteiger partial charge in [-0.1, -0.05) is 54.7 Å². The van der Waals surface area contributed by atoms with E-state index >= 15 is 0 Å². The van der Waals surface area contributed by atoms with E-state index < -0.39 is 0 Å². The van der Waals surface area contributed by atoms with Crippen molar-refractivity contribution in [3.8, 4) is 0 Å². The zero-order valence-corrected chi connectivity index (χ0v) is 15.4. The van der Waals surface area contributed by atoms with Gasteiger partial charge in [0.25, 0.3) is 0 Å². The molecule has 0 spiro atoms. The van der Waals surface area contributed by atoms with Crippen LogP contribution in [-0.4, -0.2) is 42.1 Å². The number of benzene rings is 2. The van der Waals surface area contributed by atoms with Gasteiger partial charge >= 0.3 is 0 Å². The van der Waals surface area contributed by atoms with Gasteiger partial charge in [0.05, 0.1) is 18.2 Å². The molecule has 5 heteroatoms. The Balaban J connectivity index is 1.57. The summed E-state index contributed by atoms with van der Waals surface area (Å²) in [5.74, 6) is -0.151. The van der Waals surface area contributed by atoms with Crippen LogP contribution in [-0.2, 0) is 16.0 Å². The zero-order valence-electron chi connectivity index (χ0n) is 14.6. The number of hydrogen-bond acceptors (Lipinski definition) is 3. The van der Waals surface area contributed by atoms with Gasteiger partial charge in [0, 0.05) is 31.3 Å². The van der Waals surface area contributed by atoms with Crippen molar-refractivity contribution in [1.29, 1.82) is 0 Å². The largest absolute Gasteiger partial charge is 0.378 e. The Morgan fingerprint density at radius 3 is 2.65 bits per heavy atom. The van der Waals surface area contributed by atoms with E-state index in [1.165, 1.54) is 0 Å². The average Bonchev–Trinajstić information content (AvgIpc) is 2.68. The van der Waals surface area contributed by atoms with E-state index in [4.69, 9.17) is 17.0 Å². The summed E-state index contributed by atoms with van der Waals surface area (Å²) in [6, 6.07) is 17.6. The number of carbonyl (C=O) groups excluding carboxylic acids is 1. The van der Waals surface area contributed by atoms with E-state index in [1.807, 2.05) is 54.6 Å². The fourth-order valence-electron chi connectivity index (χ4n) is 2.78. The number of nitrogens with zero attached hydrogens (tertiary/aromatic N) is 1. The molecule has 1 fully saturated rings. The molecule has 26 heavy (non-hydrogen) atoms. The molecule has 0 unspecified atom stereocenters. The topological polar surface area (TPSA) is 41.6 Å². The van der Waals surface area contributed by atoms with Crippen molar-refractivity contribution in [2.75, 3.05) is 31.6 Å². The Labute approximate surface area is 159 Å². The second-order valence-corrected chi connectivity index (χ2v) is 6.57. The molecule has 2 aromatic carbocycles. The fourth-order valence-corrected chi connectivity index (χ4v) is 3.13. The van der Waals surface area contributed by atoms with Gasteiger partial charge in [-0.3, -0.25) is 4.79 Å². The third-order valence-electron chi connectivity index (χ3n) is 4.14. The van der Waals surface area contributed by atoms with Gasteiger partial charge in [0.15, 0.2) is 0 Å². The Bertz CT molecular complexity index is 784. The maximum Gasteiger partial charge on any atom is 0.248 e. The van der Waals surface area contributed by atoms with Crippen molar-refractivity contribution >= 4 is 34.9 Å². The quantitative estimate of drug-likeness (QED) is 0.649. The van der Waals surface area contributed by atoms with Crippen molar-refractivity contribution < 1.29 is 9.53 Å². The van der Waals surface area contributed by atoms with E-state index in [2.05, 4.69) is 10.2 Å². The summed E-state index contributed by atoms with van der Waals surface area (Å²) in [7, 11) is 0. The van der Waals surface area contributed by atoms with Gasteiger partial charge in [-0.25, -0.2) is 0 Å². The van der Waals surface area contributed by atoms with Gasteiger partial charge < -0.3 is 15.0 Å². The van der Waals surface area contributed by atoms with E-state index in [1.54, 1.807) is 12.2 Å². The highest BCUT2D eigenvalue weighted by molar-refractivity contribution is 7.80. The third-order valence-corrected chi connectivity index (χ3v) is 4.54. The number of thiocarbonyl (C=S) groups is 1. The van der Waals surface area contributed by atoms with Crippen molar-refractivity contribution in [1.82, 2.24) is 4.90 Å². The van der Waals surface area contributed by atoms with Gasteiger partial charge in [0.2, 0.25) is 5.91 Å². The monoisotopic (exact) mass is 366 g/mol. The van der Waals surface area contributed by atoms with Gasteiger partial charge in [-0.15, -0.1) is 0 Å². The molecular weight excluding hydrogens is 344 g/mol. The normalized spacial score (nSPS) is 14.4. The van der Waals surface area contributed by atoms with E-state index in [-0.39, 0.29) is 5.91 Å². The lowest BCUT2D eigenvalue weighted by atomic mass is 10.1. The van der Waals surface area contributed by atoms with Crippen LogP contribution in [0.3, 0.4) is 0 Å². The number of nitrogens with one attached hydrogen (secondary N) is 1. The Hall–Kier alpha value is -2.50. The smallest absolute Gasteiger partial charge is 0.248 e. The van der Waals surface area contributed by atoms with E-state index in [0.29, 0.717) is 6.42 Å². The first-order chi connectivity index (χ1) is 12.7. The number of morpholine rings is 1. The van der Waals surface area contributed by atoms with Crippen LogP contribution in [0.25, 0.3) is 6.08 Å². The molecule has 0 saturated carbocycles. The number of rotatable bonds is 5. The lowest BCUT2D eigenvalue weighted by Gasteiger charge is -2.29. The molecule has 1 heterocycles. The summed E-state index contributed by atoms with van der Waals surface area (Å²) in [5, 5.41) is 2.90. The van der Waals surface area contributed by atoms with Crippen LogP contribution in [0.4, 0.5) is 5.69 Å². The maximum absolute atomic E-state index is 12.1. The van der Waals surface area contributed by atoms with Gasteiger partial charge in [-0.05, 0) is 29.3 Å². The molecule has 1 saturated heterocycles. The van der Waals surface area contributed by atoms with Crippen LogP contribution < -0.4 is 5.32 Å². The first kappa shape index (κ1) is 18.3. The minimum absolute atomic E-state index is 0.151. The summed E-state index contributed by atoms with van der Waals surface area (Å²) < 4.78 is 5.36. The number of anilines is 1. The van der Waals surface area contributed by atoms with Crippen LogP contribution in [0.2, 0.25) is 0 Å². The molecule has 4 nitrogen and oxygen atoms in total. The van der Waals surface area contributed by atoms with E-state index in [9.17, 15) is 4.79 Å². The van der Waals surface area contributed by atoms with Crippen LogP contribution in [0.1, 0.15) is 11.1 Å². The summed E-state index contributed by atoms with van der Waals surface area (Å²) >= 11 is 5.55. The Morgan fingerprint density at radius 1 is 1.12 bits per heavy atom. The summed E-state index contributed by atoms with van der Waals surface area (Å²) in [6.07, 6.45) is 4.03. The second kappa shape index (κ2) is 9.27. The van der Waals surface area contributed by atoms with Crippen molar-refractivity contribution in [2.45, 2.75) is 6.42 Å². The van der Waals surface area contributed by atoms with Crippen LogP contribution in [0.5, 0.6) is 0 Å². The highest BCUT2D eigenvalue weighted by Crippen LogP contribution is 2.14. The third kappa shape index (κ3) is 5.51. The standard InChI is InChI=1S/C21H22N2O2S/c24-20(10-9-17-5-2-1-3-6-17)22-19-8-4-7-18(15-19)16-21(26)23-11-13-25-14-12-23/h1-10,15H,11-14,16H2,(H,22,24)/b10-9+. The highest BCUT2D eigenvalue weighted by atomic mass is 32.1. The first-order valence-electron chi connectivity index (χ1n) is 8.69. The molecule has 1 N–H and O–H groups in total. The van der Waals surface area contributed by atoms with Gasteiger partial charge in [0.1, 0.15) is 0 Å². The lowest BCUT2D eigenvalue weighted by Crippen LogP contribution is -2.40. The number of ether oxygens (including phenoxy) is 1. The molecule has 134 valence electrons. The van der Waals surface area contributed by atoms with Crippen molar-refractivity contribution in [3.63, 3.8) is 0 Å². The minimum atomic E-state index is -0.151. The number of hydrogen-bond donors (Lipinski definition) is 1. The lowest BCUT2D eigenvalue weighted by molar-refractivity contribution is -0.111. The van der Waals surface area contributed by atoms with E-state index in [0.717, 1.165) is 48.1 Å². The molecule has 0 aliphatic carbocycles. The van der Waals surface area contributed by atoms with Crippen LogP contribution >= 0.6 is 12.2 Å². The SMILES string of the molecule is O=C(/C=C/c1ccccc1)Nc1cccc(CC(=S)N2CCOCC2)c1. The average molecular weight is 366 g/mol. The molecule has 0 bridgehead atoms. The molecule has 3 rings (SSSR count). The zero-order chi connectivity index (χ0) is 18.2. The molecule has 0 atom stereocenters. The molecule has 0 aromatic heterocycles. The first-order valence-corrected chi connectivity index (χ1v) is 9.10. The molecule has 1 aliphatic heterocycles.